The number of anilines is 2. The van der Waals surface area contributed by atoms with Crippen LogP contribution < -0.4 is 16.0 Å². The van der Waals surface area contributed by atoms with Gasteiger partial charge in [0.2, 0.25) is 5.91 Å². The van der Waals surface area contributed by atoms with E-state index >= 15 is 0 Å². The lowest BCUT2D eigenvalue weighted by Gasteiger charge is -2.17. The summed E-state index contributed by atoms with van der Waals surface area (Å²) in [7, 11) is 0. The normalized spacial score (nSPS) is 11.7. The van der Waals surface area contributed by atoms with Crippen LogP contribution in [-0.2, 0) is 9.59 Å². The van der Waals surface area contributed by atoms with Crippen molar-refractivity contribution >= 4 is 70.3 Å². The van der Waals surface area contributed by atoms with Crippen molar-refractivity contribution in [2.45, 2.75) is 10.1 Å². The van der Waals surface area contributed by atoms with Gasteiger partial charge in [-0.25, -0.2) is 4.98 Å². The SMILES string of the molecule is O=C(Nc1ccc(SC(C(=O)Nc2ccc(Cl)cn2)c2ccccc2)cc1)/C(=C/c1ccccc1Cl)NC(=O)c1ccccc1. The number of thioether (sulfide) groups is 1. The average molecular weight is 654 g/mol. The van der Waals surface area contributed by atoms with Gasteiger partial charge in [-0.3, -0.25) is 14.4 Å². The van der Waals surface area contributed by atoms with Crippen LogP contribution in [0.5, 0.6) is 0 Å². The van der Waals surface area contributed by atoms with Gasteiger partial charge in [0.1, 0.15) is 16.8 Å². The van der Waals surface area contributed by atoms with Crippen LogP contribution in [0.1, 0.15) is 26.7 Å². The molecule has 3 amide bonds. The van der Waals surface area contributed by atoms with Crippen LogP contribution in [0.2, 0.25) is 10.0 Å². The second-order valence-corrected chi connectivity index (χ2v) is 11.7. The summed E-state index contributed by atoms with van der Waals surface area (Å²) in [6.45, 7) is 0. The van der Waals surface area contributed by atoms with Crippen molar-refractivity contribution in [1.82, 2.24) is 10.3 Å². The number of nitrogens with zero attached hydrogens (tertiary/aromatic N) is 1. The van der Waals surface area contributed by atoms with E-state index in [9.17, 15) is 14.4 Å². The van der Waals surface area contributed by atoms with E-state index in [0.717, 1.165) is 10.5 Å². The summed E-state index contributed by atoms with van der Waals surface area (Å²) < 4.78 is 0. The molecule has 0 aliphatic heterocycles. The third kappa shape index (κ3) is 8.83. The minimum absolute atomic E-state index is 0.0204. The molecule has 0 aliphatic carbocycles. The lowest BCUT2D eigenvalue weighted by Crippen LogP contribution is -2.30. The maximum Gasteiger partial charge on any atom is 0.272 e. The molecular weight excluding hydrogens is 627 g/mol. The van der Waals surface area contributed by atoms with E-state index < -0.39 is 17.1 Å². The highest BCUT2D eigenvalue weighted by Crippen LogP contribution is 2.36. The Labute approximate surface area is 274 Å². The van der Waals surface area contributed by atoms with E-state index in [1.807, 2.05) is 42.5 Å². The Morgan fingerprint density at radius 1 is 0.733 bits per heavy atom. The van der Waals surface area contributed by atoms with Gasteiger partial charge in [-0.15, -0.1) is 11.8 Å². The van der Waals surface area contributed by atoms with Crippen molar-refractivity contribution in [3.63, 3.8) is 0 Å². The quantitative estimate of drug-likeness (QED) is 0.104. The minimum Gasteiger partial charge on any atom is -0.321 e. The number of rotatable bonds is 10. The molecule has 5 rings (SSSR count). The van der Waals surface area contributed by atoms with Crippen LogP contribution in [0, 0.1) is 0 Å². The molecule has 1 unspecified atom stereocenters. The number of carbonyl (C=O) groups is 3. The van der Waals surface area contributed by atoms with Crippen LogP contribution in [-0.4, -0.2) is 22.7 Å². The van der Waals surface area contributed by atoms with E-state index in [4.69, 9.17) is 23.2 Å². The summed E-state index contributed by atoms with van der Waals surface area (Å²) in [5.74, 6) is -0.822. The highest BCUT2D eigenvalue weighted by molar-refractivity contribution is 8.00. The molecule has 5 aromatic rings. The molecule has 224 valence electrons. The molecule has 1 aromatic heterocycles. The molecule has 1 atom stereocenters. The fourth-order valence-corrected chi connectivity index (χ4v) is 5.51. The second-order valence-electron chi connectivity index (χ2n) is 9.64. The predicted molar refractivity (Wildman–Crippen MR) is 181 cm³/mol. The van der Waals surface area contributed by atoms with Gasteiger partial charge in [0.05, 0.1) is 5.02 Å². The summed E-state index contributed by atoms with van der Waals surface area (Å²) in [6, 6.07) is 35.4. The van der Waals surface area contributed by atoms with Crippen LogP contribution in [0.3, 0.4) is 0 Å². The Balaban J connectivity index is 1.33. The lowest BCUT2D eigenvalue weighted by molar-refractivity contribution is -0.116. The Kier molecular flexibility index (Phi) is 10.7. The molecule has 0 bridgehead atoms. The summed E-state index contributed by atoms with van der Waals surface area (Å²) in [6.07, 6.45) is 3.00. The Bertz CT molecular complexity index is 1820. The molecular formula is C35H26Cl2N4O3S. The van der Waals surface area contributed by atoms with Crippen LogP contribution in [0.15, 0.2) is 138 Å². The van der Waals surface area contributed by atoms with E-state index in [0.29, 0.717) is 32.7 Å². The second kappa shape index (κ2) is 15.2. The smallest absolute Gasteiger partial charge is 0.272 e. The maximum atomic E-state index is 13.4. The summed E-state index contributed by atoms with van der Waals surface area (Å²) in [5.41, 5.74) is 2.31. The van der Waals surface area contributed by atoms with Crippen LogP contribution >= 0.6 is 35.0 Å². The summed E-state index contributed by atoms with van der Waals surface area (Å²) >= 11 is 13.6. The molecule has 0 saturated heterocycles. The molecule has 4 aromatic carbocycles. The Morgan fingerprint density at radius 3 is 2.07 bits per heavy atom. The Hall–Kier alpha value is -4.89. The minimum atomic E-state index is -0.581. The summed E-state index contributed by atoms with van der Waals surface area (Å²) in [4.78, 5) is 44.7. The van der Waals surface area contributed by atoms with Gasteiger partial charge in [0, 0.05) is 27.4 Å². The van der Waals surface area contributed by atoms with Crippen molar-refractivity contribution in [2.24, 2.45) is 0 Å². The van der Waals surface area contributed by atoms with Gasteiger partial charge >= 0.3 is 0 Å². The first-order valence-corrected chi connectivity index (χ1v) is 15.4. The third-order valence-corrected chi connectivity index (χ3v) is 8.25. The summed E-state index contributed by atoms with van der Waals surface area (Å²) in [5, 5.41) is 8.72. The van der Waals surface area contributed by atoms with Crippen molar-refractivity contribution < 1.29 is 14.4 Å². The van der Waals surface area contributed by atoms with Crippen LogP contribution in [0.25, 0.3) is 6.08 Å². The van der Waals surface area contributed by atoms with Crippen molar-refractivity contribution in [1.29, 1.82) is 0 Å². The molecule has 0 spiro atoms. The zero-order valence-corrected chi connectivity index (χ0v) is 25.9. The van der Waals surface area contributed by atoms with Crippen molar-refractivity contribution in [3.05, 3.63) is 160 Å². The van der Waals surface area contributed by atoms with E-state index in [2.05, 4.69) is 20.9 Å². The van der Waals surface area contributed by atoms with Gasteiger partial charge < -0.3 is 16.0 Å². The zero-order valence-electron chi connectivity index (χ0n) is 23.6. The molecule has 45 heavy (non-hydrogen) atoms. The van der Waals surface area contributed by atoms with Gasteiger partial charge in [0.25, 0.3) is 11.8 Å². The fourth-order valence-electron chi connectivity index (χ4n) is 4.18. The van der Waals surface area contributed by atoms with Gasteiger partial charge in [0.15, 0.2) is 0 Å². The number of benzene rings is 4. The topological polar surface area (TPSA) is 100 Å². The van der Waals surface area contributed by atoms with Crippen molar-refractivity contribution in [2.75, 3.05) is 10.6 Å². The number of amides is 3. The molecule has 1 heterocycles. The number of aromatic nitrogens is 1. The van der Waals surface area contributed by atoms with Gasteiger partial charge in [-0.05, 0) is 71.8 Å². The van der Waals surface area contributed by atoms with E-state index in [1.165, 1.54) is 24.0 Å². The largest absolute Gasteiger partial charge is 0.321 e. The van der Waals surface area contributed by atoms with Gasteiger partial charge in [-0.2, -0.15) is 0 Å². The highest BCUT2D eigenvalue weighted by Gasteiger charge is 2.23. The molecule has 0 aliphatic rings. The number of pyridine rings is 1. The number of halogens is 2. The third-order valence-electron chi connectivity index (χ3n) is 6.42. The number of hydrogen-bond acceptors (Lipinski definition) is 5. The first kappa shape index (κ1) is 31.5. The predicted octanol–water partition coefficient (Wildman–Crippen LogP) is 8.27. The Morgan fingerprint density at radius 2 is 1.40 bits per heavy atom. The lowest BCUT2D eigenvalue weighted by atomic mass is 10.1. The van der Waals surface area contributed by atoms with Crippen molar-refractivity contribution in [3.8, 4) is 0 Å². The van der Waals surface area contributed by atoms with Crippen LogP contribution in [0.4, 0.5) is 11.5 Å². The van der Waals surface area contributed by atoms with E-state index in [-0.39, 0.29) is 11.6 Å². The highest BCUT2D eigenvalue weighted by atomic mass is 35.5. The molecule has 7 nitrogen and oxygen atoms in total. The average Bonchev–Trinajstić information content (AvgIpc) is 3.06. The first-order valence-electron chi connectivity index (χ1n) is 13.7. The monoisotopic (exact) mass is 652 g/mol. The first-order chi connectivity index (χ1) is 21.9. The maximum absolute atomic E-state index is 13.4. The molecule has 0 radical (unpaired) electrons. The van der Waals surface area contributed by atoms with Gasteiger partial charge in [-0.1, -0.05) is 89.9 Å². The molecule has 0 fully saturated rings. The number of nitrogens with one attached hydrogen (secondary N) is 3. The fraction of sp³-hybridized carbons (Fsp3) is 0.0286. The number of carbonyl (C=O) groups excluding carboxylic acids is 3. The molecule has 10 heteroatoms. The standard InChI is InChI=1S/C35H26Cl2N4O3S/c36-26-15-20-31(38-22-26)41-35(44)32(23-9-3-1-4-10-23)45-28-18-16-27(17-19-28)39-34(43)30(21-25-13-7-8-14-29(25)37)40-33(42)24-11-5-2-6-12-24/h1-22,32H,(H,39,43)(H,40,42)(H,38,41,44)/b30-21-. The van der Waals surface area contributed by atoms with E-state index in [1.54, 1.807) is 78.9 Å². The molecule has 3 N–H and O–H groups in total. The molecule has 0 saturated carbocycles. The number of hydrogen-bond donors (Lipinski definition) is 3. The zero-order chi connectivity index (χ0) is 31.6.